The van der Waals surface area contributed by atoms with Gasteiger partial charge in [0.05, 0.1) is 6.54 Å². The molecule has 0 saturated carbocycles. The first-order valence-corrected chi connectivity index (χ1v) is 9.82. The molecule has 0 bridgehead atoms. The highest BCUT2D eigenvalue weighted by Crippen LogP contribution is 2.33. The number of rotatable bonds is 5. The number of hydrogen-bond acceptors (Lipinski definition) is 7. The van der Waals surface area contributed by atoms with Crippen LogP contribution in [0.15, 0.2) is 30.6 Å². The van der Waals surface area contributed by atoms with Crippen LogP contribution < -0.4 is 20.9 Å². The number of fused-ring (bicyclic) bond motifs is 1. The molecule has 0 spiro atoms. The standard InChI is InChI=1S/C19H24ClN7O/c1-21-10-15(13-4-2-3-5-14(13)20)26-6-8-27(9-7-26)19-17-18(23-12-24-19)22-11-16(28)25-17/h2-5,12,15,21H,6-11H2,1H3,(H,25,28)(H,22,23,24). The zero-order valence-corrected chi connectivity index (χ0v) is 16.5. The Kier molecular flexibility index (Phi) is 5.61. The van der Waals surface area contributed by atoms with E-state index in [1.54, 1.807) is 6.33 Å². The SMILES string of the molecule is CNCC(c1ccccc1Cl)N1CCN(c2ncnc3c2NC(=O)CN3)CC1. The van der Waals surface area contributed by atoms with Crippen molar-refractivity contribution in [3.05, 3.63) is 41.2 Å². The lowest BCUT2D eigenvalue weighted by Gasteiger charge is -2.40. The fraction of sp³-hybridized carbons (Fsp3) is 0.421. The first kappa shape index (κ1) is 18.9. The molecule has 148 valence electrons. The van der Waals surface area contributed by atoms with Crippen LogP contribution >= 0.6 is 11.6 Å². The van der Waals surface area contributed by atoms with Gasteiger partial charge in [-0.1, -0.05) is 29.8 Å². The molecule has 1 aromatic heterocycles. The predicted octanol–water partition coefficient (Wildman–Crippen LogP) is 1.58. The van der Waals surface area contributed by atoms with Crippen LogP contribution in [0.4, 0.5) is 17.3 Å². The van der Waals surface area contributed by atoms with Gasteiger partial charge in [-0.15, -0.1) is 0 Å². The lowest BCUT2D eigenvalue weighted by Crippen LogP contribution is -2.50. The Balaban J connectivity index is 1.50. The molecule has 1 fully saturated rings. The number of carbonyl (C=O) groups excluding carboxylic acids is 1. The topological polar surface area (TPSA) is 85.4 Å². The number of anilines is 3. The number of hydrogen-bond donors (Lipinski definition) is 3. The molecule has 4 rings (SSSR count). The van der Waals surface area contributed by atoms with Gasteiger partial charge in [-0.3, -0.25) is 9.69 Å². The third-order valence-electron chi connectivity index (χ3n) is 5.22. The molecule has 2 aliphatic heterocycles. The Hall–Kier alpha value is -2.42. The largest absolute Gasteiger partial charge is 0.359 e. The summed E-state index contributed by atoms with van der Waals surface area (Å²) in [6, 6.07) is 8.24. The van der Waals surface area contributed by atoms with E-state index < -0.39 is 0 Å². The van der Waals surface area contributed by atoms with Crippen molar-refractivity contribution in [2.24, 2.45) is 0 Å². The number of aromatic nitrogens is 2. The second kappa shape index (κ2) is 8.30. The van der Waals surface area contributed by atoms with Gasteiger partial charge in [0.15, 0.2) is 11.6 Å². The van der Waals surface area contributed by atoms with Crippen molar-refractivity contribution in [1.82, 2.24) is 20.2 Å². The molecule has 0 aliphatic carbocycles. The van der Waals surface area contributed by atoms with E-state index in [9.17, 15) is 4.79 Å². The fourth-order valence-electron chi connectivity index (χ4n) is 3.83. The van der Waals surface area contributed by atoms with Crippen LogP contribution in [0.25, 0.3) is 0 Å². The third kappa shape index (κ3) is 3.76. The highest BCUT2D eigenvalue weighted by Gasteiger charge is 2.29. The fourth-order valence-corrected chi connectivity index (χ4v) is 4.09. The molecule has 9 heteroatoms. The number of likely N-dealkylation sites (N-methyl/N-ethyl adjacent to an activating group) is 1. The van der Waals surface area contributed by atoms with Crippen LogP contribution in [0, 0.1) is 0 Å². The summed E-state index contributed by atoms with van der Waals surface area (Å²) in [6.45, 7) is 4.43. The molecule has 1 atom stereocenters. The molecule has 2 aliphatic rings. The van der Waals surface area contributed by atoms with Gasteiger partial charge in [0.2, 0.25) is 5.91 Å². The Morgan fingerprint density at radius 3 is 2.75 bits per heavy atom. The maximum Gasteiger partial charge on any atom is 0.243 e. The second-order valence-electron chi connectivity index (χ2n) is 6.94. The molecule has 1 amide bonds. The van der Waals surface area contributed by atoms with Gasteiger partial charge in [-0.25, -0.2) is 9.97 Å². The van der Waals surface area contributed by atoms with Gasteiger partial charge in [0, 0.05) is 43.8 Å². The number of benzene rings is 1. The van der Waals surface area contributed by atoms with Crippen molar-refractivity contribution < 1.29 is 4.79 Å². The van der Waals surface area contributed by atoms with Crippen molar-refractivity contribution in [2.45, 2.75) is 6.04 Å². The van der Waals surface area contributed by atoms with Crippen LogP contribution in [0.5, 0.6) is 0 Å². The van der Waals surface area contributed by atoms with Gasteiger partial charge in [-0.05, 0) is 18.7 Å². The van der Waals surface area contributed by atoms with Crippen molar-refractivity contribution in [1.29, 1.82) is 0 Å². The lowest BCUT2D eigenvalue weighted by atomic mass is 10.0. The number of nitrogens with zero attached hydrogens (tertiary/aromatic N) is 4. The zero-order chi connectivity index (χ0) is 19.5. The van der Waals surface area contributed by atoms with E-state index in [0.717, 1.165) is 49.1 Å². The smallest absolute Gasteiger partial charge is 0.243 e. The molecular weight excluding hydrogens is 378 g/mol. The Labute approximate surface area is 169 Å². The van der Waals surface area contributed by atoms with Gasteiger partial charge >= 0.3 is 0 Å². The number of piperazine rings is 1. The van der Waals surface area contributed by atoms with Crippen LogP contribution in [0.3, 0.4) is 0 Å². The van der Waals surface area contributed by atoms with Gasteiger partial charge < -0.3 is 20.9 Å². The van der Waals surface area contributed by atoms with Gasteiger partial charge in [0.25, 0.3) is 0 Å². The summed E-state index contributed by atoms with van der Waals surface area (Å²) < 4.78 is 0. The minimum absolute atomic E-state index is 0.0741. The Bertz CT molecular complexity index is 854. The molecule has 8 nitrogen and oxygen atoms in total. The quantitative estimate of drug-likeness (QED) is 0.701. The molecule has 3 heterocycles. The summed E-state index contributed by atoms with van der Waals surface area (Å²) in [5, 5.41) is 10.0. The summed E-state index contributed by atoms with van der Waals surface area (Å²) in [4.78, 5) is 25.1. The number of halogens is 1. The van der Waals surface area contributed by atoms with Crippen LogP contribution in [-0.4, -0.2) is 67.1 Å². The Morgan fingerprint density at radius 2 is 2.00 bits per heavy atom. The predicted molar refractivity (Wildman–Crippen MR) is 111 cm³/mol. The van der Waals surface area contributed by atoms with Crippen LogP contribution in [0.2, 0.25) is 5.02 Å². The highest BCUT2D eigenvalue weighted by atomic mass is 35.5. The first-order chi connectivity index (χ1) is 13.7. The van der Waals surface area contributed by atoms with Gasteiger partial charge in [0.1, 0.15) is 12.0 Å². The minimum Gasteiger partial charge on any atom is -0.359 e. The van der Waals surface area contributed by atoms with E-state index in [1.165, 1.54) is 0 Å². The van der Waals surface area contributed by atoms with Crippen molar-refractivity contribution in [3.8, 4) is 0 Å². The molecule has 1 unspecified atom stereocenters. The molecular formula is C19H24ClN7O. The van der Waals surface area contributed by atoms with Gasteiger partial charge in [-0.2, -0.15) is 0 Å². The lowest BCUT2D eigenvalue weighted by molar-refractivity contribution is -0.114. The van der Waals surface area contributed by atoms with E-state index >= 15 is 0 Å². The molecule has 0 radical (unpaired) electrons. The Morgan fingerprint density at radius 1 is 1.21 bits per heavy atom. The molecule has 2 aromatic rings. The van der Waals surface area contributed by atoms with Crippen molar-refractivity contribution in [2.75, 3.05) is 61.8 Å². The summed E-state index contributed by atoms with van der Waals surface area (Å²) in [5.74, 6) is 1.37. The molecule has 1 aromatic carbocycles. The number of carbonyl (C=O) groups is 1. The van der Waals surface area contributed by atoms with E-state index in [-0.39, 0.29) is 18.5 Å². The van der Waals surface area contributed by atoms with E-state index in [2.05, 4.69) is 41.8 Å². The maximum atomic E-state index is 11.8. The molecule has 28 heavy (non-hydrogen) atoms. The average molecular weight is 402 g/mol. The monoisotopic (exact) mass is 401 g/mol. The summed E-state index contributed by atoms with van der Waals surface area (Å²) in [7, 11) is 1.96. The second-order valence-corrected chi connectivity index (χ2v) is 7.35. The van der Waals surface area contributed by atoms with Crippen molar-refractivity contribution in [3.63, 3.8) is 0 Å². The van der Waals surface area contributed by atoms with Crippen molar-refractivity contribution >= 4 is 34.8 Å². The number of amides is 1. The first-order valence-electron chi connectivity index (χ1n) is 9.44. The normalized spacial score (nSPS) is 18.2. The van der Waals surface area contributed by atoms with Crippen LogP contribution in [0.1, 0.15) is 11.6 Å². The number of nitrogens with one attached hydrogen (secondary N) is 3. The van der Waals surface area contributed by atoms with E-state index in [0.29, 0.717) is 11.5 Å². The summed E-state index contributed by atoms with van der Waals surface area (Å²) in [5.41, 5.74) is 1.81. The minimum atomic E-state index is -0.0741. The highest BCUT2D eigenvalue weighted by molar-refractivity contribution is 6.31. The zero-order valence-electron chi connectivity index (χ0n) is 15.8. The van der Waals surface area contributed by atoms with E-state index in [1.807, 2.05) is 25.2 Å². The third-order valence-corrected chi connectivity index (χ3v) is 5.57. The molecule has 3 N–H and O–H groups in total. The average Bonchev–Trinajstić information content (AvgIpc) is 2.72. The summed E-state index contributed by atoms with van der Waals surface area (Å²) in [6.07, 6.45) is 1.54. The summed E-state index contributed by atoms with van der Waals surface area (Å²) >= 11 is 6.46. The van der Waals surface area contributed by atoms with E-state index in [4.69, 9.17) is 11.6 Å². The molecule has 1 saturated heterocycles. The van der Waals surface area contributed by atoms with Crippen LogP contribution in [-0.2, 0) is 4.79 Å². The maximum absolute atomic E-state index is 11.8.